The number of hydrogen-bond donors (Lipinski definition) is 0. The molecule has 2 rings (SSSR count). The van der Waals surface area contributed by atoms with Crippen LogP contribution in [0.25, 0.3) is 0 Å². The molecule has 0 spiro atoms. The molecule has 0 aliphatic carbocycles. The summed E-state index contributed by atoms with van der Waals surface area (Å²) in [6, 6.07) is 14.1. The maximum atomic E-state index is 5.69. The highest BCUT2D eigenvalue weighted by atomic mass is 79.9. The first-order chi connectivity index (χ1) is 8.25. The van der Waals surface area contributed by atoms with E-state index in [9.17, 15) is 0 Å². The van der Waals surface area contributed by atoms with Gasteiger partial charge >= 0.3 is 0 Å². The van der Waals surface area contributed by atoms with E-state index in [0.717, 1.165) is 10.4 Å². The van der Waals surface area contributed by atoms with E-state index in [1.54, 1.807) is 6.20 Å². The highest BCUT2D eigenvalue weighted by molar-refractivity contribution is 9.10. The molecule has 0 N–H and O–H groups in total. The number of rotatable bonds is 4. The predicted octanol–water partition coefficient (Wildman–Crippen LogP) is 4.03. The van der Waals surface area contributed by atoms with Crippen molar-refractivity contribution in [1.82, 2.24) is 4.98 Å². The number of ether oxygens (including phenoxy) is 1. The third-order valence-electron chi connectivity index (χ3n) is 2.57. The molecule has 0 aliphatic heterocycles. The number of hydrogen-bond acceptors (Lipinski definition) is 2. The number of nitrogens with zero attached hydrogens (tertiary/aromatic N) is 1. The van der Waals surface area contributed by atoms with E-state index in [4.69, 9.17) is 4.74 Å². The highest BCUT2D eigenvalue weighted by Gasteiger charge is 2.05. The molecule has 0 bridgehead atoms. The van der Waals surface area contributed by atoms with Crippen molar-refractivity contribution in [3.05, 3.63) is 58.8 Å². The van der Waals surface area contributed by atoms with Gasteiger partial charge < -0.3 is 4.74 Å². The Labute approximate surface area is 110 Å². The molecule has 2 nitrogen and oxygen atoms in total. The van der Waals surface area contributed by atoms with Crippen molar-refractivity contribution in [1.29, 1.82) is 0 Å². The van der Waals surface area contributed by atoms with Crippen molar-refractivity contribution in [2.75, 3.05) is 6.61 Å². The zero-order chi connectivity index (χ0) is 12.1. The lowest BCUT2D eigenvalue weighted by molar-refractivity contribution is 0.294. The van der Waals surface area contributed by atoms with Gasteiger partial charge in [-0.05, 0) is 33.6 Å². The Morgan fingerprint density at radius 3 is 2.59 bits per heavy atom. The molecule has 2 aromatic rings. The zero-order valence-corrected chi connectivity index (χ0v) is 11.2. The van der Waals surface area contributed by atoms with Crippen LogP contribution in [0, 0.1) is 0 Å². The van der Waals surface area contributed by atoms with Crippen molar-refractivity contribution in [3.63, 3.8) is 0 Å². The summed E-state index contributed by atoms with van der Waals surface area (Å²) in [6.45, 7) is 2.81. The fraction of sp³-hybridized carbons (Fsp3) is 0.214. The molecule has 88 valence electrons. The summed E-state index contributed by atoms with van der Waals surface area (Å²) in [7, 11) is 0. The van der Waals surface area contributed by atoms with Crippen LogP contribution in [0.2, 0.25) is 0 Å². The average Bonchev–Trinajstić information content (AvgIpc) is 2.39. The first-order valence-electron chi connectivity index (χ1n) is 5.55. The molecular weight excluding hydrogens is 278 g/mol. The third kappa shape index (κ3) is 3.56. The van der Waals surface area contributed by atoms with E-state index in [0.29, 0.717) is 12.5 Å². The lowest BCUT2D eigenvalue weighted by atomic mass is 10.0. The van der Waals surface area contributed by atoms with Crippen LogP contribution in [0.3, 0.4) is 0 Å². The Kier molecular flexibility index (Phi) is 4.15. The van der Waals surface area contributed by atoms with Crippen LogP contribution in [0.1, 0.15) is 18.4 Å². The zero-order valence-electron chi connectivity index (χ0n) is 9.64. The molecule has 0 saturated heterocycles. The summed E-state index contributed by atoms with van der Waals surface area (Å²) in [6.07, 6.45) is 1.72. The molecule has 0 radical (unpaired) electrons. The summed E-state index contributed by atoms with van der Waals surface area (Å²) in [4.78, 5) is 4.12. The molecule has 1 aromatic carbocycles. The number of pyridine rings is 1. The summed E-state index contributed by atoms with van der Waals surface area (Å²) in [5.41, 5.74) is 1.29. The van der Waals surface area contributed by atoms with Gasteiger partial charge in [0.15, 0.2) is 0 Å². The molecule has 1 aromatic heterocycles. The smallest absolute Gasteiger partial charge is 0.137 e. The van der Waals surface area contributed by atoms with Crippen LogP contribution in [0.4, 0.5) is 0 Å². The van der Waals surface area contributed by atoms with Crippen molar-refractivity contribution < 1.29 is 4.74 Å². The standard InChI is InChI=1S/C14H14BrNO/c1-11(12-5-3-2-4-6-12)10-17-13-7-8-14(15)16-9-13/h2-9,11H,10H2,1H3. The number of benzene rings is 1. The van der Waals surface area contributed by atoms with Gasteiger partial charge in [-0.1, -0.05) is 37.3 Å². The normalized spacial score (nSPS) is 12.1. The van der Waals surface area contributed by atoms with Crippen molar-refractivity contribution in [3.8, 4) is 5.75 Å². The van der Waals surface area contributed by atoms with Gasteiger partial charge in [-0.3, -0.25) is 0 Å². The van der Waals surface area contributed by atoms with Gasteiger partial charge in [0.05, 0.1) is 12.8 Å². The second-order valence-corrected chi connectivity index (χ2v) is 4.75. The van der Waals surface area contributed by atoms with E-state index in [-0.39, 0.29) is 0 Å². The minimum atomic E-state index is 0.375. The summed E-state index contributed by atoms with van der Waals surface area (Å²) >= 11 is 3.30. The van der Waals surface area contributed by atoms with Gasteiger partial charge in [0.25, 0.3) is 0 Å². The monoisotopic (exact) mass is 291 g/mol. The maximum Gasteiger partial charge on any atom is 0.137 e. The molecule has 0 aliphatic rings. The predicted molar refractivity (Wildman–Crippen MR) is 72.3 cm³/mol. The quantitative estimate of drug-likeness (QED) is 0.794. The minimum absolute atomic E-state index is 0.375. The van der Waals surface area contributed by atoms with Crippen LogP contribution in [-0.2, 0) is 0 Å². The SMILES string of the molecule is CC(COc1ccc(Br)nc1)c1ccccc1. The molecular formula is C14H14BrNO. The van der Waals surface area contributed by atoms with Gasteiger partial charge in [-0.2, -0.15) is 0 Å². The van der Waals surface area contributed by atoms with Crippen LogP contribution in [0.5, 0.6) is 5.75 Å². The van der Waals surface area contributed by atoms with E-state index >= 15 is 0 Å². The molecule has 1 atom stereocenters. The summed E-state index contributed by atoms with van der Waals surface area (Å²) in [5.74, 6) is 1.18. The Morgan fingerprint density at radius 1 is 1.18 bits per heavy atom. The molecule has 0 fully saturated rings. The second-order valence-electron chi connectivity index (χ2n) is 3.94. The van der Waals surface area contributed by atoms with Gasteiger partial charge in [0.1, 0.15) is 10.4 Å². The fourth-order valence-electron chi connectivity index (χ4n) is 1.55. The first-order valence-corrected chi connectivity index (χ1v) is 6.34. The molecule has 3 heteroatoms. The molecule has 1 heterocycles. The van der Waals surface area contributed by atoms with Crippen molar-refractivity contribution in [2.45, 2.75) is 12.8 Å². The maximum absolute atomic E-state index is 5.69. The van der Waals surface area contributed by atoms with Gasteiger partial charge in [-0.15, -0.1) is 0 Å². The van der Waals surface area contributed by atoms with Crippen LogP contribution in [-0.4, -0.2) is 11.6 Å². The largest absolute Gasteiger partial charge is 0.491 e. The van der Waals surface area contributed by atoms with Gasteiger partial charge in [0, 0.05) is 5.92 Å². The third-order valence-corrected chi connectivity index (χ3v) is 3.04. The van der Waals surface area contributed by atoms with Crippen molar-refractivity contribution >= 4 is 15.9 Å². The molecule has 0 saturated carbocycles. The van der Waals surface area contributed by atoms with E-state index in [1.165, 1.54) is 5.56 Å². The summed E-state index contributed by atoms with van der Waals surface area (Å²) in [5, 5.41) is 0. The fourth-order valence-corrected chi connectivity index (χ4v) is 1.78. The molecule has 17 heavy (non-hydrogen) atoms. The lowest BCUT2D eigenvalue weighted by Gasteiger charge is -2.13. The average molecular weight is 292 g/mol. The van der Waals surface area contributed by atoms with E-state index in [1.807, 2.05) is 30.3 Å². The lowest BCUT2D eigenvalue weighted by Crippen LogP contribution is -2.06. The Hall–Kier alpha value is -1.35. The molecule has 1 unspecified atom stereocenters. The Balaban J connectivity index is 1.92. The molecule has 0 amide bonds. The van der Waals surface area contributed by atoms with E-state index in [2.05, 4.69) is 40.0 Å². The van der Waals surface area contributed by atoms with Crippen LogP contribution in [0.15, 0.2) is 53.3 Å². The second kappa shape index (κ2) is 5.82. The number of aromatic nitrogens is 1. The van der Waals surface area contributed by atoms with Crippen LogP contribution < -0.4 is 4.74 Å². The van der Waals surface area contributed by atoms with Gasteiger partial charge in [0.2, 0.25) is 0 Å². The first kappa shape index (κ1) is 12.1. The Bertz CT molecular complexity index is 455. The number of halogens is 1. The summed E-state index contributed by atoms with van der Waals surface area (Å²) < 4.78 is 6.51. The van der Waals surface area contributed by atoms with E-state index < -0.39 is 0 Å². The topological polar surface area (TPSA) is 22.1 Å². The highest BCUT2D eigenvalue weighted by Crippen LogP contribution is 2.18. The Morgan fingerprint density at radius 2 is 1.94 bits per heavy atom. The van der Waals surface area contributed by atoms with Crippen molar-refractivity contribution in [2.24, 2.45) is 0 Å². The minimum Gasteiger partial charge on any atom is -0.491 e. The van der Waals surface area contributed by atoms with Crippen LogP contribution >= 0.6 is 15.9 Å². The van der Waals surface area contributed by atoms with Gasteiger partial charge in [-0.25, -0.2) is 4.98 Å².